The lowest BCUT2D eigenvalue weighted by atomic mass is 10.3. The molecule has 0 aromatic heterocycles. The fraction of sp³-hybridized carbons (Fsp3) is 0.500. The predicted molar refractivity (Wildman–Crippen MR) is 83.5 cm³/mol. The second kappa shape index (κ2) is 12.3. The number of hydrogen-bond donors (Lipinski definition) is 2. The average Bonchev–Trinajstić information content (AvgIpc) is 2.49. The summed E-state index contributed by atoms with van der Waals surface area (Å²) in [5.41, 5.74) is 0. The molecule has 120 valence electrons. The molecule has 0 spiro atoms. The van der Waals surface area contributed by atoms with Gasteiger partial charge in [0.1, 0.15) is 11.5 Å². The van der Waals surface area contributed by atoms with Gasteiger partial charge in [0.2, 0.25) is 0 Å². The zero-order chi connectivity index (χ0) is 14.6. The quantitative estimate of drug-likeness (QED) is 0.626. The molecule has 7 heteroatoms. The third-order valence-corrected chi connectivity index (χ3v) is 2.52. The van der Waals surface area contributed by atoms with Gasteiger partial charge in [-0.3, -0.25) is 4.79 Å². The fourth-order valence-electron chi connectivity index (χ4n) is 1.48. The molecule has 2 N–H and O–H groups in total. The summed E-state index contributed by atoms with van der Waals surface area (Å²) in [5, 5.41) is 5.89. The maximum atomic E-state index is 11.5. The van der Waals surface area contributed by atoms with E-state index in [1.165, 1.54) is 0 Å². The lowest BCUT2D eigenvalue weighted by molar-refractivity contribution is -0.123. The van der Waals surface area contributed by atoms with Crippen LogP contribution in [-0.4, -0.2) is 53.0 Å². The Hall–Kier alpha value is -1.50. The van der Waals surface area contributed by atoms with Crippen molar-refractivity contribution in [2.45, 2.75) is 0 Å². The second-order valence-corrected chi connectivity index (χ2v) is 4.06. The van der Waals surface area contributed by atoms with Crippen LogP contribution in [-0.2, 0) is 9.53 Å². The molecule has 0 aliphatic heterocycles. The summed E-state index contributed by atoms with van der Waals surface area (Å²) in [4.78, 5) is 11.5. The van der Waals surface area contributed by atoms with Gasteiger partial charge >= 0.3 is 0 Å². The van der Waals surface area contributed by atoms with E-state index in [0.717, 1.165) is 6.54 Å². The molecule has 1 aromatic rings. The number of ether oxygens (including phenoxy) is 3. The number of benzene rings is 1. The minimum atomic E-state index is -0.152. The number of methoxy groups -OCH3 is 2. The summed E-state index contributed by atoms with van der Waals surface area (Å²) in [5.74, 6) is 1.16. The zero-order valence-electron chi connectivity index (χ0n) is 12.4. The van der Waals surface area contributed by atoms with Crippen LogP contribution in [0.1, 0.15) is 0 Å². The SMILES string of the molecule is COCCNCCNC(=O)COc1cccc(OC)c1.Cl. The van der Waals surface area contributed by atoms with Crippen molar-refractivity contribution in [2.24, 2.45) is 0 Å². The highest BCUT2D eigenvalue weighted by Crippen LogP contribution is 2.18. The Morgan fingerprint density at radius 1 is 1.14 bits per heavy atom. The number of rotatable bonds is 10. The normalized spacial score (nSPS) is 9.62. The standard InChI is InChI=1S/C14H22N2O4.ClH/c1-18-9-8-15-6-7-16-14(17)11-20-13-5-3-4-12(10-13)19-2;/h3-5,10,15H,6-9,11H2,1-2H3,(H,16,17);1H. The first kappa shape index (κ1) is 19.5. The van der Waals surface area contributed by atoms with Crippen molar-refractivity contribution >= 4 is 18.3 Å². The van der Waals surface area contributed by atoms with E-state index in [1.54, 1.807) is 26.4 Å². The van der Waals surface area contributed by atoms with Crippen molar-refractivity contribution < 1.29 is 19.0 Å². The highest BCUT2D eigenvalue weighted by molar-refractivity contribution is 5.85. The Kier molecular flexibility index (Phi) is 11.4. The van der Waals surface area contributed by atoms with E-state index >= 15 is 0 Å². The van der Waals surface area contributed by atoms with E-state index in [4.69, 9.17) is 14.2 Å². The Labute approximate surface area is 131 Å². The van der Waals surface area contributed by atoms with Gasteiger partial charge in [0.25, 0.3) is 5.91 Å². The van der Waals surface area contributed by atoms with Gasteiger partial charge in [-0.1, -0.05) is 6.07 Å². The number of nitrogens with one attached hydrogen (secondary N) is 2. The molecule has 1 rings (SSSR count). The maximum Gasteiger partial charge on any atom is 0.257 e. The average molecular weight is 319 g/mol. The largest absolute Gasteiger partial charge is 0.497 e. The first-order valence-corrected chi connectivity index (χ1v) is 6.49. The molecule has 0 saturated carbocycles. The molecule has 21 heavy (non-hydrogen) atoms. The summed E-state index contributed by atoms with van der Waals surface area (Å²) < 4.78 is 15.3. The first-order valence-electron chi connectivity index (χ1n) is 6.49. The van der Waals surface area contributed by atoms with Gasteiger partial charge in [0.15, 0.2) is 6.61 Å². The molecule has 0 unspecified atom stereocenters. The number of halogens is 1. The van der Waals surface area contributed by atoms with Crippen molar-refractivity contribution in [3.63, 3.8) is 0 Å². The molecular formula is C14H23ClN2O4. The highest BCUT2D eigenvalue weighted by atomic mass is 35.5. The van der Waals surface area contributed by atoms with Crippen LogP contribution in [0.25, 0.3) is 0 Å². The zero-order valence-corrected chi connectivity index (χ0v) is 13.2. The molecule has 6 nitrogen and oxygen atoms in total. The van der Waals surface area contributed by atoms with Gasteiger partial charge in [-0.25, -0.2) is 0 Å². The Morgan fingerprint density at radius 3 is 2.62 bits per heavy atom. The van der Waals surface area contributed by atoms with Crippen LogP contribution in [0.2, 0.25) is 0 Å². The Morgan fingerprint density at radius 2 is 1.90 bits per heavy atom. The van der Waals surface area contributed by atoms with E-state index in [0.29, 0.717) is 31.2 Å². The smallest absolute Gasteiger partial charge is 0.257 e. The van der Waals surface area contributed by atoms with Gasteiger partial charge in [-0.15, -0.1) is 12.4 Å². The van der Waals surface area contributed by atoms with Crippen molar-refractivity contribution in [2.75, 3.05) is 47.1 Å². The van der Waals surface area contributed by atoms with Gasteiger partial charge in [-0.2, -0.15) is 0 Å². The Bertz CT molecular complexity index is 404. The first-order chi connectivity index (χ1) is 9.76. The van der Waals surface area contributed by atoms with Crippen LogP contribution in [0.4, 0.5) is 0 Å². The van der Waals surface area contributed by atoms with Crippen LogP contribution in [0, 0.1) is 0 Å². The molecule has 0 heterocycles. The van der Waals surface area contributed by atoms with E-state index < -0.39 is 0 Å². The minimum absolute atomic E-state index is 0. The second-order valence-electron chi connectivity index (χ2n) is 4.06. The summed E-state index contributed by atoms with van der Waals surface area (Å²) >= 11 is 0. The molecule has 1 aromatic carbocycles. The molecule has 0 saturated heterocycles. The van der Waals surface area contributed by atoms with Crippen LogP contribution < -0.4 is 20.1 Å². The summed E-state index contributed by atoms with van der Waals surface area (Å²) in [7, 11) is 3.24. The monoisotopic (exact) mass is 318 g/mol. The summed E-state index contributed by atoms with van der Waals surface area (Å²) in [6.07, 6.45) is 0. The Balaban J connectivity index is 0.00000400. The van der Waals surface area contributed by atoms with Crippen LogP contribution in [0.15, 0.2) is 24.3 Å². The number of hydrogen-bond acceptors (Lipinski definition) is 5. The van der Waals surface area contributed by atoms with Crippen molar-refractivity contribution in [1.29, 1.82) is 0 Å². The van der Waals surface area contributed by atoms with E-state index in [1.807, 2.05) is 12.1 Å². The number of amides is 1. The third-order valence-electron chi connectivity index (χ3n) is 2.52. The highest BCUT2D eigenvalue weighted by Gasteiger charge is 2.02. The molecule has 0 fully saturated rings. The summed E-state index contributed by atoms with van der Waals surface area (Å²) in [6.45, 7) is 2.68. The molecule has 1 amide bonds. The topological polar surface area (TPSA) is 68.8 Å². The van der Waals surface area contributed by atoms with Gasteiger partial charge < -0.3 is 24.8 Å². The third kappa shape index (κ3) is 9.12. The van der Waals surface area contributed by atoms with Gasteiger partial charge in [-0.05, 0) is 12.1 Å². The van der Waals surface area contributed by atoms with E-state index in [2.05, 4.69) is 10.6 Å². The fourth-order valence-corrected chi connectivity index (χ4v) is 1.48. The van der Waals surface area contributed by atoms with E-state index in [9.17, 15) is 4.79 Å². The molecule has 0 atom stereocenters. The summed E-state index contributed by atoms with van der Waals surface area (Å²) in [6, 6.07) is 7.14. The van der Waals surface area contributed by atoms with Crippen molar-refractivity contribution in [1.82, 2.24) is 10.6 Å². The van der Waals surface area contributed by atoms with Crippen LogP contribution in [0.5, 0.6) is 11.5 Å². The lowest BCUT2D eigenvalue weighted by Gasteiger charge is -2.09. The maximum absolute atomic E-state index is 11.5. The minimum Gasteiger partial charge on any atom is -0.497 e. The van der Waals surface area contributed by atoms with Crippen molar-refractivity contribution in [3.8, 4) is 11.5 Å². The van der Waals surface area contributed by atoms with Gasteiger partial charge in [0.05, 0.1) is 13.7 Å². The predicted octanol–water partition coefficient (Wildman–Crippen LogP) is 0.848. The molecular weight excluding hydrogens is 296 g/mol. The van der Waals surface area contributed by atoms with Crippen molar-refractivity contribution in [3.05, 3.63) is 24.3 Å². The number of carbonyl (C=O) groups is 1. The molecule has 0 aliphatic rings. The van der Waals surface area contributed by atoms with Crippen LogP contribution >= 0.6 is 12.4 Å². The van der Waals surface area contributed by atoms with Gasteiger partial charge in [0, 0.05) is 32.8 Å². The lowest BCUT2D eigenvalue weighted by Crippen LogP contribution is -2.35. The molecule has 0 bridgehead atoms. The molecule has 0 aliphatic carbocycles. The molecule has 0 radical (unpaired) electrons. The van der Waals surface area contributed by atoms with E-state index in [-0.39, 0.29) is 24.9 Å². The van der Waals surface area contributed by atoms with Crippen LogP contribution in [0.3, 0.4) is 0 Å². The number of carbonyl (C=O) groups excluding carboxylic acids is 1.